The molecule has 4 heterocycles. The van der Waals surface area contributed by atoms with Gasteiger partial charge >= 0.3 is 0 Å². The monoisotopic (exact) mass is 409 g/mol. The number of carbonyl (C=O) groups is 1. The number of hydrogen-bond donors (Lipinski definition) is 1. The number of anilines is 1. The maximum absolute atomic E-state index is 12.7. The van der Waals surface area contributed by atoms with Crippen molar-refractivity contribution in [2.75, 3.05) is 32.1 Å². The van der Waals surface area contributed by atoms with E-state index in [1.807, 2.05) is 31.7 Å². The standard InChI is InChI=1S/C24H31N3O3/c1-22(2,3)21(28)26-12-9-23(10-13-26)15-24(16-30-23)20-6-5-11-27(20)19-8-7-17(29-4)14-18(19)25-24/h5-8,11,14,25H,9-10,12-13,15-16H2,1-4H3. The van der Waals surface area contributed by atoms with Crippen molar-refractivity contribution in [1.29, 1.82) is 0 Å². The number of amides is 1. The summed E-state index contributed by atoms with van der Waals surface area (Å²) in [6, 6.07) is 10.5. The predicted octanol–water partition coefficient (Wildman–Crippen LogP) is 3.93. The van der Waals surface area contributed by atoms with Crippen molar-refractivity contribution in [2.45, 2.75) is 51.2 Å². The first-order valence-corrected chi connectivity index (χ1v) is 10.8. The maximum atomic E-state index is 12.7. The smallest absolute Gasteiger partial charge is 0.227 e. The first-order valence-electron chi connectivity index (χ1n) is 10.8. The van der Waals surface area contributed by atoms with Gasteiger partial charge in [0.05, 0.1) is 36.4 Å². The first-order chi connectivity index (χ1) is 14.3. The van der Waals surface area contributed by atoms with Crippen LogP contribution in [0, 0.1) is 5.41 Å². The third kappa shape index (κ3) is 2.92. The molecule has 2 saturated heterocycles. The summed E-state index contributed by atoms with van der Waals surface area (Å²) in [5.41, 5.74) is 2.65. The molecule has 0 aliphatic carbocycles. The van der Waals surface area contributed by atoms with E-state index in [1.54, 1.807) is 7.11 Å². The topological polar surface area (TPSA) is 55.7 Å². The van der Waals surface area contributed by atoms with Gasteiger partial charge in [-0.3, -0.25) is 4.79 Å². The molecule has 1 atom stereocenters. The Kier molecular flexibility index (Phi) is 4.23. The molecule has 1 unspecified atom stereocenters. The van der Waals surface area contributed by atoms with Crippen molar-refractivity contribution in [3.05, 3.63) is 42.2 Å². The molecular formula is C24H31N3O3. The van der Waals surface area contributed by atoms with E-state index < -0.39 is 0 Å². The molecule has 2 aromatic rings. The molecule has 0 saturated carbocycles. The predicted molar refractivity (Wildman–Crippen MR) is 116 cm³/mol. The van der Waals surface area contributed by atoms with Gasteiger partial charge in [-0.1, -0.05) is 20.8 Å². The maximum Gasteiger partial charge on any atom is 0.227 e. The average molecular weight is 410 g/mol. The summed E-state index contributed by atoms with van der Waals surface area (Å²) in [4.78, 5) is 14.7. The van der Waals surface area contributed by atoms with Crippen molar-refractivity contribution >= 4 is 11.6 Å². The third-order valence-electron chi connectivity index (χ3n) is 6.93. The van der Waals surface area contributed by atoms with Crippen molar-refractivity contribution < 1.29 is 14.3 Å². The van der Waals surface area contributed by atoms with Crippen LogP contribution in [0.25, 0.3) is 5.69 Å². The number of likely N-dealkylation sites (tertiary alicyclic amines) is 1. The van der Waals surface area contributed by atoms with E-state index in [2.05, 4.69) is 40.3 Å². The van der Waals surface area contributed by atoms with Crippen LogP contribution < -0.4 is 10.1 Å². The van der Waals surface area contributed by atoms with Crippen LogP contribution in [0.1, 0.15) is 45.7 Å². The Morgan fingerprint density at radius 3 is 2.67 bits per heavy atom. The Bertz CT molecular complexity index is 982. The van der Waals surface area contributed by atoms with Crippen LogP contribution in [0.2, 0.25) is 0 Å². The number of nitrogens with one attached hydrogen (secondary N) is 1. The number of methoxy groups -OCH3 is 1. The number of rotatable bonds is 1. The fourth-order valence-electron chi connectivity index (χ4n) is 5.34. The molecule has 3 aliphatic rings. The lowest BCUT2D eigenvalue weighted by molar-refractivity contribution is -0.144. The largest absolute Gasteiger partial charge is 0.497 e. The molecule has 2 spiro atoms. The van der Waals surface area contributed by atoms with Crippen molar-refractivity contribution in [3.8, 4) is 11.4 Å². The highest BCUT2D eigenvalue weighted by Crippen LogP contribution is 2.50. The number of aromatic nitrogens is 1. The van der Waals surface area contributed by atoms with Crippen LogP contribution in [0.5, 0.6) is 5.75 Å². The Balaban J connectivity index is 1.41. The molecule has 1 aromatic carbocycles. The lowest BCUT2D eigenvalue weighted by Gasteiger charge is -2.42. The summed E-state index contributed by atoms with van der Waals surface area (Å²) in [5, 5.41) is 3.81. The van der Waals surface area contributed by atoms with Crippen LogP contribution in [0.4, 0.5) is 5.69 Å². The molecule has 1 aromatic heterocycles. The second kappa shape index (κ2) is 6.51. The molecule has 0 bridgehead atoms. The molecule has 30 heavy (non-hydrogen) atoms. The minimum Gasteiger partial charge on any atom is -0.497 e. The Hall–Kier alpha value is -2.47. The van der Waals surface area contributed by atoms with E-state index in [0.29, 0.717) is 6.61 Å². The average Bonchev–Trinajstić information content (AvgIpc) is 3.34. The summed E-state index contributed by atoms with van der Waals surface area (Å²) in [6.45, 7) is 8.13. The normalized spacial score (nSPS) is 24.5. The fraction of sp³-hybridized carbons (Fsp3) is 0.542. The molecule has 3 aliphatic heterocycles. The Labute approximate surface area is 178 Å². The zero-order chi connectivity index (χ0) is 21.1. The van der Waals surface area contributed by atoms with Crippen LogP contribution in [0.3, 0.4) is 0 Å². The highest BCUT2D eigenvalue weighted by Gasteiger charge is 2.54. The number of fused-ring (bicyclic) bond motifs is 4. The summed E-state index contributed by atoms with van der Waals surface area (Å²) >= 11 is 0. The van der Waals surface area contributed by atoms with Crippen LogP contribution in [-0.2, 0) is 15.1 Å². The Morgan fingerprint density at radius 2 is 1.97 bits per heavy atom. The number of piperidine rings is 1. The summed E-state index contributed by atoms with van der Waals surface area (Å²) in [5.74, 6) is 1.07. The van der Waals surface area contributed by atoms with Gasteiger partial charge in [0.1, 0.15) is 11.3 Å². The van der Waals surface area contributed by atoms with Crippen LogP contribution >= 0.6 is 0 Å². The van der Waals surface area contributed by atoms with Gasteiger partial charge in [-0.05, 0) is 37.1 Å². The SMILES string of the molecule is COc1ccc2c(c1)NC1(COC3(CCN(C(=O)C(C)(C)C)CC3)C1)c1cccn1-2. The number of nitrogens with zero attached hydrogens (tertiary/aromatic N) is 2. The molecule has 6 heteroatoms. The first kappa shape index (κ1) is 19.5. The van der Waals surface area contributed by atoms with Crippen molar-refractivity contribution in [3.63, 3.8) is 0 Å². The van der Waals surface area contributed by atoms with Gasteiger partial charge in [-0.15, -0.1) is 0 Å². The highest BCUT2D eigenvalue weighted by atomic mass is 16.5. The van der Waals surface area contributed by atoms with E-state index in [-0.39, 0.29) is 22.5 Å². The van der Waals surface area contributed by atoms with Gasteiger partial charge in [-0.2, -0.15) is 0 Å². The van der Waals surface area contributed by atoms with E-state index in [4.69, 9.17) is 9.47 Å². The zero-order valence-corrected chi connectivity index (χ0v) is 18.3. The molecule has 0 radical (unpaired) electrons. The van der Waals surface area contributed by atoms with Gasteiger partial charge in [0, 0.05) is 37.2 Å². The highest BCUT2D eigenvalue weighted by molar-refractivity contribution is 5.81. The van der Waals surface area contributed by atoms with E-state index >= 15 is 0 Å². The number of hydrogen-bond acceptors (Lipinski definition) is 4. The minimum absolute atomic E-state index is 0.187. The Morgan fingerprint density at radius 1 is 1.20 bits per heavy atom. The molecule has 1 N–H and O–H groups in total. The third-order valence-corrected chi connectivity index (χ3v) is 6.93. The second-order valence-corrected chi connectivity index (χ2v) is 10.0. The lowest BCUT2D eigenvalue weighted by Crippen LogP contribution is -2.50. The van der Waals surface area contributed by atoms with Crippen molar-refractivity contribution in [2.24, 2.45) is 5.41 Å². The van der Waals surface area contributed by atoms with E-state index in [1.165, 1.54) is 5.69 Å². The minimum atomic E-state index is -0.337. The number of benzene rings is 1. The van der Waals surface area contributed by atoms with Crippen molar-refractivity contribution in [1.82, 2.24) is 9.47 Å². The van der Waals surface area contributed by atoms with Crippen LogP contribution in [-0.4, -0.2) is 47.8 Å². The molecule has 2 fully saturated rings. The van der Waals surface area contributed by atoms with Gasteiger partial charge < -0.3 is 24.3 Å². The number of carbonyl (C=O) groups excluding carboxylic acids is 1. The summed E-state index contributed by atoms with van der Waals surface area (Å²) < 4.78 is 14.3. The summed E-state index contributed by atoms with van der Waals surface area (Å²) in [6.07, 6.45) is 4.78. The molecule has 5 rings (SSSR count). The molecule has 6 nitrogen and oxygen atoms in total. The zero-order valence-electron chi connectivity index (χ0n) is 18.3. The number of ether oxygens (including phenoxy) is 2. The molecular weight excluding hydrogens is 378 g/mol. The van der Waals surface area contributed by atoms with Gasteiger partial charge in [-0.25, -0.2) is 0 Å². The van der Waals surface area contributed by atoms with E-state index in [0.717, 1.165) is 49.5 Å². The second-order valence-electron chi connectivity index (χ2n) is 10.0. The van der Waals surface area contributed by atoms with Gasteiger partial charge in [0.15, 0.2) is 0 Å². The summed E-state index contributed by atoms with van der Waals surface area (Å²) in [7, 11) is 1.70. The van der Waals surface area contributed by atoms with Crippen LogP contribution in [0.15, 0.2) is 36.5 Å². The fourth-order valence-corrected chi connectivity index (χ4v) is 5.34. The lowest BCUT2D eigenvalue weighted by atomic mass is 9.79. The molecule has 160 valence electrons. The van der Waals surface area contributed by atoms with E-state index in [9.17, 15) is 4.79 Å². The quantitative estimate of drug-likeness (QED) is 0.775. The van der Waals surface area contributed by atoms with Gasteiger partial charge in [0.25, 0.3) is 0 Å². The molecule has 1 amide bonds. The van der Waals surface area contributed by atoms with Gasteiger partial charge in [0.2, 0.25) is 5.91 Å².